The zero-order chi connectivity index (χ0) is 22.3. The molecule has 1 heterocycles. The van der Waals surface area contributed by atoms with Gasteiger partial charge in [-0.25, -0.2) is 0 Å². The normalized spacial score (nSPS) is 11.3. The summed E-state index contributed by atoms with van der Waals surface area (Å²) in [6.45, 7) is 6.40. The Bertz CT molecular complexity index is 859. The van der Waals surface area contributed by atoms with E-state index < -0.39 is 0 Å². The molecule has 1 aromatic carbocycles. The number of nitrogens with zero attached hydrogens (tertiary/aromatic N) is 3. The van der Waals surface area contributed by atoms with E-state index in [2.05, 4.69) is 10.4 Å². The molecular weight excluding hydrogens is 408 g/mol. The topological polar surface area (TPSA) is 85.7 Å². The number of carbonyl (C=O) groups is 2. The van der Waals surface area contributed by atoms with Crippen molar-refractivity contribution in [3.8, 4) is 5.75 Å². The van der Waals surface area contributed by atoms with Crippen LogP contribution in [0.3, 0.4) is 0 Å². The lowest BCUT2D eigenvalue weighted by Gasteiger charge is -2.22. The molecule has 0 bridgehead atoms. The van der Waals surface area contributed by atoms with E-state index in [0.29, 0.717) is 23.2 Å². The van der Waals surface area contributed by atoms with E-state index in [1.54, 1.807) is 36.0 Å². The van der Waals surface area contributed by atoms with Crippen molar-refractivity contribution >= 4 is 29.2 Å². The monoisotopic (exact) mass is 436 g/mol. The van der Waals surface area contributed by atoms with Gasteiger partial charge in [0.05, 0.1) is 12.3 Å². The van der Waals surface area contributed by atoms with Gasteiger partial charge in [0, 0.05) is 37.2 Å². The molecule has 2 amide bonds. The number of ether oxygens (including phenoxy) is 2. The Hall–Kier alpha value is -2.58. The fourth-order valence-corrected chi connectivity index (χ4v) is 2.69. The Morgan fingerprint density at radius 2 is 1.90 bits per heavy atom. The number of amides is 2. The van der Waals surface area contributed by atoms with Crippen LogP contribution in [-0.4, -0.2) is 59.9 Å². The molecule has 1 aromatic heterocycles. The highest BCUT2D eigenvalue weighted by atomic mass is 35.5. The smallest absolute Gasteiger partial charge is 0.261 e. The van der Waals surface area contributed by atoms with Gasteiger partial charge in [-0.15, -0.1) is 0 Å². The highest BCUT2D eigenvalue weighted by Crippen LogP contribution is 2.23. The fourth-order valence-electron chi connectivity index (χ4n) is 2.57. The van der Waals surface area contributed by atoms with Crippen LogP contribution in [0.25, 0.3) is 0 Å². The maximum Gasteiger partial charge on any atom is 0.261 e. The van der Waals surface area contributed by atoms with Crippen molar-refractivity contribution < 1.29 is 19.1 Å². The summed E-state index contributed by atoms with van der Waals surface area (Å²) < 4.78 is 12.2. The Kier molecular flexibility index (Phi) is 8.25. The van der Waals surface area contributed by atoms with Gasteiger partial charge in [0.1, 0.15) is 18.1 Å². The number of aromatic nitrogens is 2. The number of hydrogen-bond acceptors (Lipinski definition) is 5. The summed E-state index contributed by atoms with van der Waals surface area (Å²) in [5.74, 6) is 0.446. The molecule has 0 atom stereocenters. The van der Waals surface area contributed by atoms with E-state index >= 15 is 0 Å². The number of methoxy groups -OCH3 is 1. The fraction of sp³-hybridized carbons (Fsp3) is 0.476. The molecular formula is C21H29ClN4O4. The zero-order valence-corrected chi connectivity index (χ0v) is 18.8. The van der Waals surface area contributed by atoms with Crippen molar-refractivity contribution in [1.29, 1.82) is 0 Å². The number of nitrogens with one attached hydrogen (secondary N) is 1. The van der Waals surface area contributed by atoms with Gasteiger partial charge < -0.3 is 19.7 Å². The number of anilines is 1. The molecule has 0 saturated heterocycles. The van der Waals surface area contributed by atoms with E-state index in [1.807, 2.05) is 26.8 Å². The summed E-state index contributed by atoms with van der Waals surface area (Å²) in [4.78, 5) is 26.6. The first-order valence-corrected chi connectivity index (χ1v) is 9.97. The van der Waals surface area contributed by atoms with Gasteiger partial charge in [-0.1, -0.05) is 32.4 Å². The summed E-state index contributed by atoms with van der Waals surface area (Å²) in [5, 5.41) is 7.84. The van der Waals surface area contributed by atoms with Crippen LogP contribution in [0.4, 0.5) is 5.82 Å². The molecule has 0 spiro atoms. The molecule has 9 heteroatoms. The van der Waals surface area contributed by atoms with Crippen LogP contribution >= 0.6 is 11.6 Å². The van der Waals surface area contributed by atoms with Gasteiger partial charge in [-0.3, -0.25) is 14.3 Å². The summed E-state index contributed by atoms with van der Waals surface area (Å²) in [7, 11) is 3.30. The van der Waals surface area contributed by atoms with Gasteiger partial charge in [-0.05, 0) is 24.3 Å². The van der Waals surface area contributed by atoms with Gasteiger partial charge in [0.2, 0.25) is 5.91 Å². The minimum absolute atomic E-state index is 0.123. The molecule has 30 heavy (non-hydrogen) atoms. The summed E-state index contributed by atoms with van der Waals surface area (Å²) in [6, 6.07) is 8.55. The molecule has 0 aliphatic rings. The highest BCUT2D eigenvalue weighted by Gasteiger charge is 2.22. The van der Waals surface area contributed by atoms with Crippen molar-refractivity contribution in [2.24, 2.45) is 7.05 Å². The van der Waals surface area contributed by atoms with Gasteiger partial charge in [-0.2, -0.15) is 5.10 Å². The molecule has 0 aliphatic heterocycles. The summed E-state index contributed by atoms with van der Waals surface area (Å²) in [5.41, 5.74) is 0.726. The van der Waals surface area contributed by atoms with Crippen molar-refractivity contribution in [3.05, 3.63) is 41.0 Å². The Labute approximate surface area is 182 Å². The minimum Gasteiger partial charge on any atom is -0.484 e. The Morgan fingerprint density at radius 3 is 2.47 bits per heavy atom. The maximum absolute atomic E-state index is 12.6. The average Bonchev–Trinajstić information content (AvgIpc) is 3.05. The largest absolute Gasteiger partial charge is 0.484 e. The first-order valence-electron chi connectivity index (χ1n) is 9.59. The van der Waals surface area contributed by atoms with E-state index in [1.165, 1.54) is 12.0 Å². The quantitative estimate of drug-likeness (QED) is 0.653. The third-order valence-electron chi connectivity index (χ3n) is 4.34. The van der Waals surface area contributed by atoms with E-state index in [-0.39, 0.29) is 36.9 Å². The zero-order valence-electron chi connectivity index (χ0n) is 18.1. The SMILES string of the molecule is COCCN(CC(=O)Nc1cc(C(C)(C)C)nn1C)C(=O)COc1ccc(Cl)cc1. The summed E-state index contributed by atoms with van der Waals surface area (Å²) in [6.07, 6.45) is 0. The predicted molar refractivity (Wildman–Crippen MR) is 116 cm³/mol. The number of hydrogen-bond donors (Lipinski definition) is 1. The van der Waals surface area contributed by atoms with Gasteiger partial charge in [0.25, 0.3) is 5.91 Å². The van der Waals surface area contributed by atoms with Crippen molar-refractivity contribution in [2.75, 3.05) is 38.7 Å². The lowest BCUT2D eigenvalue weighted by molar-refractivity contribution is -0.137. The lowest BCUT2D eigenvalue weighted by atomic mass is 9.92. The Morgan fingerprint density at radius 1 is 1.23 bits per heavy atom. The van der Waals surface area contributed by atoms with Gasteiger partial charge >= 0.3 is 0 Å². The highest BCUT2D eigenvalue weighted by molar-refractivity contribution is 6.30. The van der Waals surface area contributed by atoms with Crippen LogP contribution in [0.1, 0.15) is 26.5 Å². The first kappa shape index (κ1) is 23.7. The third kappa shape index (κ3) is 7.03. The minimum atomic E-state index is -0.325. The summed E-state index contributed by atoms with van der Waals surface area (Å²) >= 11 is 5.85. The molecule has 0 fully saturated rings. The molecule has 8 nitrogen and oxygen atoms in total. The third-order valence-corrected chi connectivity index (χ3v) is 4.60. The average molecular weight is 437 g/mol. The van der Waals surface area contributed by atoms with E-state index in [4.69, 9.17) is 21.1 Å². The molecule has 2 aromatic rings. The second kappa shape index (κ2) is 10.4. The van der Waals surface area contributed by atoms with E-state index in [9.17, 15) is 9.59 Å². The number of halogens is 1. The van der Waals surface area contributed by atoms with Crippen LogP contribution in [0.5, 0.6) is 5.75 Å². The van der Waals surface area contributed by atoms with Crippen LogP contribution in [0, 0.1) is 0 Å². The molecule has 0 aliphatic carbocycles. The maximum atomic E-state index is 12.6. The molecule has 164 valence electrons. The van der Waals surface area contributed by atoms with E-state index in [0.717, 1.165) is 5.69 Å². The number of rotatable bonds is 9. The molecule has 0 saturated carbocycles. The van der Waals surface area contributed by atoms with Crippen molar-refractivity contribution in [1.82, 2.24) is 14.7 Å². The van der Waals surface area contributed by atoms with Crippen LogP contribution < -0.4 is 10.1 Å². The van der Waals surface area contributed by atoms with Crippen LogP contribution in [0.2, 0.25) is 5.02 Å². The molecule has 0 radical (unpaired) electrons. The number of carbonyl (C=O) groups excluding carboxylic acids is 2. The standard InChI is InChI=1S/C21H29ClN4O4/c1-21(2,3)17-12-18(25(4)24-17)23-19(27)13-26(10-11-29-5)20(28)14-30-16-8-6-15(22)7-9-16/h6-9,12H,10-11,13-14H2,1-5H3,(H,23,27). The second-order valence-electron chi connectivity index (χ2n) is 7.89. The Balaban J connectivity index is 1.98. The second-order valence-corrected chi connectivity index (χ2v) is 8.32. The number of aryl methyl sites for hydroxylation is 1. The number of benzene rings is 1. The van der Waals surface area contributed by atoms with Crippen LogP contribution in [-0.2, 0) is 26.8 Å². The molecule has 1 N–H and O–H groups in total. The van der Waals surface area contributed by atoms with Crippen molar-refractivity contribution in [3.63, 3.8) is 0 Å². The van der Waals surface area contributed by atoms with Crippen LogP contribution in [0.15, 0.2) is 30.3 Å². The van der Waals surface area contributed by atoms with Gasteiger partial charge in [0.15, 0.2) is 6.61 Å². The molecule has 0 unspecified atom stereocenters. The lowest BCUT2D eigenvalue weighted by Crippen LogP contribution is -2.42. The molecule has 2 rings (SSSR count). The van der Waals surface area contributed by atoms with Crippen molar-refractivity contribution in [2.45, 2.75) is 26.2 Å². The first-order chi connectivity index (χ1) is 14.1. The predicted octanol–water partition coefficient (Wildman–Crippen LogP) is 2.86.